The summed E-state index contributed by atoms with van der Waals surface area (Å²) in [7, 11) is 1.55. The van der Waals surface area contributed by atoms with Crippen LogP contribution in [0.25, 0.3) is 0 Å². The first-order chi connectivity index (χ1) is 8.20. The Hall–Kier alpha value is -1.83. The van der Waals surface area contributed by atoms with E-state index in [1.54, 1.807) is 19.5 Å². The van der Waals surface area contributed by atoms with E-state index in [0.717, 1.165) is 5.56 Å². The molecule has 2 aromatic heterocycles. The third kappa shape index (κ3) is 2.64. The highest BCUT2D eigenvalue weighted by Crippen LogP contribution is 2.22. The smallest absolute Gasteiger partial charge is 0.232 e. The minimum Gasteiger partial charge on any atom is -0.480 e. The number of nitrogens with zero attached hydrogens (tertiary/aromatic N) is 3. The number of rotatable bonds is 4. The molecule has 0 radical (unpaired) electrons. The van der Waals surface area contributed by atoms with Crippen molar-refractivity contribution in [1.82, 2.24) is 20.2 Å². The van der Waals surface area contributed by atoms with Crippen LogP contribution in [0.1, 0.15) is 5.56 Å². The lowest BCUT2D eigenvalue weighted by atomic mass is 10.3. The van der Waals surface area contributed by atoms with Crippen molar-refractivity contribution in [2.24, 2.45) is 0 Å². The van der Waals surface area contributed by atoms with E-state index in [-0.39, 0.29) is 0 Å². The fraction of sp³-hybridized carbons (Fsp3) is 0.222. The molecule has 0 aliphatic carbocycles. The molecule has 0 saturated carbocycles. The van der Waals surface area contributed by atoms with Gasteiger partial charge < -0.3 is 15.8 Å². The van der Waals surface area contributed by atoms with Crippen molar-refractivity contribution in [3.05, 3.63) is 22.4 Å². The molecule has 0 unspecified atom stereocenters. The second kappa shape index (κ2) is 5.00. The molecule has 2 aromatic rings. The number of hydrogen-bond donors (Lipinski definition) is 3. The largest absolute Gasteiger partial charge is 0.480 e. The minimum absolute atomic E-state index is 0.464. The zero-order valence-electron chi connectivity index (χ0n) is 9.07. The first kappa shape index (κ1) is 11.6. The van der Waals surface area contributed by atoms with Crippen LogP contribution < -0.4 is 15.8 Å². The molecule has 2 rings (SSSR count). The van der Waals surface area contributed by atoms with E-state index in [9.17, 15) is 0 Å². The maximum Gasteiger partial charge on any atom is 0.232 e. The predicted octanol–water partition coefficient (Wildman–Crippen LogP) is 1.17. The Bertz CT molecular complexity index is 514. The van der Waals surface area contributed by atoms with Gasteiger partial charge in [0.1, 0.15) is 5.82 Å². The number of halogens is 1. The van der Waals surface area contributed by atoms with Crippen molar-refractivity contribution in [3.63, 3.8) is 0 Å². The molecule has 0 spiro atoms. The van der Waals surface area contributed by atoms with E-state index in [1.165, 1.54) is 0 Å². The number of methoxy groups -OCH3 is 1. The molecule has 7 nitrogen and oxygen atoms in total. The van der Waals surface area contributed by atoms with Gasteiger partial charge in [-0.15, -0.1) is 0 Å². The number of anilines is 2. The average Bonchev–Trinajstić information content (AvgIpc) is 2.74. The Morgan fingerprint density at radius 1 is 1.53 bits per heavy atom. The van der Waals surface area contributed by atoms with Crippen LogP contribution in [0, 0.1) is 0 Å². The SMILES string of the molecule is COc1nc(NCc2cn[nH]c2N)ncc1Br. The molecule has 0 fully saturated rings. The van der Waals surface area contributed by atoms with Crippen molar-refractivity contribution >= 4 is 27.7 Å². The normalized spacial score (nSPS) is 10.2. The van der Waals surface area contributed by atoms with Crippen LogP contribution >= 0.6 is 15.9 Å². The fourth-order valence-electron chi connectivity index (χ4n) is 1.22. The predicted molar refractivity (Wildman–Crippen MR) is 66.6 cm³/mol. The van der Waals surface area contributed by atoms with Crippen molar-refractivity contribution in [1.29, 1.82) is 0 Å². The average molecular weight is 299 g/mol. The number of H-pyrrole nitrogens is 1. The molecular weight excluding hydrogens is 288 g/mol. The summed E-state index contributed by atoms with van der Waals surface area (Å²) in [4.78, 5) is 8.25. The lowest BCUT2D eigenvalue weighted by Crippen LogP contribution is -2.05. The van der Waals surface area contributed by atoms with Crippen LogP contribution in [0.15, 0.2) is 16.9 Å². The molecule has 90 valence electrons. The lowest BCUT2D eigenvalue weighted by molar-refractivity contribution is 0.394. The van der Waals surface area contributed by atoms with E-state index < -0.39 is 0 Å². The van der Waals surface area contributed by atoms with Gasteiger partial charge in [-0.05, 0) is 15.9 Å². The van der Waals surface area contributed by atoms with Gasteiger partial charge in [0.05, 0.1) is 24.0 Å². The van der Waals surface area contributed by atoms with Gasteiger partial charge in [0.2, 0.25) is 11.8 Å². The monoisotopic (exact) mass is 298 g/mol. The Balaban J connectivity index is 2.07. The van der Waals surface area contributed by atoms with Gasteiger partial charge in [0, 0.05) is 12.1 Å². The topological polar surface area (TPSA) is 102 Å². The van der Waals surface area contributed by atoms with Crippen LogP contribution in [0.2, 0.25) is 0 Å². The third-order valence-corrected chi connectivity index (χ3v) is 2.64. The summed E-state index contributed by atoms with van der Waals surface area (Å²) >= 11 is 3.28. The van der Waals surface area contributed by atoms with Crippen molar-refractivity contribution < 1.29 is 4.74 Å². The van der Waals surface area contributed by atoms with Gasteiger partial charge in [-0.1, -0.05) is 0 Å². The molecule has 0 aliphatic rings. The summed E-state index contributed by atoms with van der Waals surface area (Å²) < 4.78 is 5.77. The highest BCUT2D eigenvalue weighted by atomic mass is 79.9. The number of aromatic nitrogens is 4. The first-order valence-corrected chi connectivity index (χ1v) is 5.58. The first-order valence-electron chi connectivity index (χ1n) is 4.79. The molecule has 0 saturated heterocycles. The Labute approximate surface area is 106 Å². The van der Waals surface area contributed by atoms with Gasteiger partial charge in [-0.2, -0.15) is 10.1 Å². The number of nitrogens with two attached hydrogens (primary N) is 1. The number of ether oxygens (including phenoxy) is 1. The zero-order valence-corrected chi connectivity index (χ0v) is 10.7. The minimum atomic E-state index is 0.464. The summed E-state index contributed by atoms with van der Waals surface area (Å²) in [5.74, 6) is 1.47. The van der Waals surface area contributed by atoms with E-state index in [1.807, 2.05) is 0 Å². The van der Waals surface area contributed by atoms with Gasteiger partial charge in [-0.25, -0.2) is 4.98 Å². The molecule has 0 amide bonds. The van der Waals surface area contributed by atoms with Crippen LogP contribution in [0.4, 0.5) is 11.8 Å². The van der Waals surface area contributed by atoms with Gasteiger partial charge in [0.15, 0.2) is 0 Å². The van der Waals surface area contributed by atoms with Crippen molar-refractivity contribution in [2.75, 3.05) is 18.2 Å². The van der Waals surface area contributed by atoms with E-state index >= 15 is 0 Å². The molecule has 8 heteroatoms. The van der Waals surface area contributed by atoms with Crippen LogP contribution in [0.5, 0.6) is 5.88 Å². The molecule has 0 aromatic carbocycles. The van der Waals surface area contributed by atoms with Crippen LogP contribution in [-0.4, -0.2) is 27.3 Å². The molecular formula is C9H11BrN6O. The standard InChI is InChI=1S/C9H11BrN6O/c1-17-8-6(10)4-13-9(15-8)12-2-5-3-14-16-7(5)11/h3-4H,2H2,1H3,(H3,11,14,16)(H,12,13,15). The van der Waals surface area contributed by atoms with Gasteiger partial charge in [-0.3, -0.25) is 5.10 Å². The second-order valence-electron chi connectivity index (χ2n) is 3.21. The highest BCUT2D eigenvalue weighted by molar-refractivity contribution is 9.10. The molecule has 0 bridgehead atoms. The number of nitrogen functional groups attached to an aromatic ring is 1. The maximum atomic E-state index is 5.65. The third-order valence-electron chi connectivity index (χ3n) is 2.09. The Morgan fingerprint density at radius 2 is 2.35 bits per heavy atom. The summed E-state index contributed by atoms with van der Waals surface area (Å²) in [6.45, 7) is 0.493. The van der Waals surface area contributed by atoms with E-state index in [2.05, 4.69) is 41.4 Å². The summed E-state index contributed by atoms with van der Waals surface area (Å²) in [5.41, 5.74) is 6.51. The van der Waals surface area contributed by atoms with Crippen molar-refractivity contribution in [2.45, 2.75) is 6.54 Å². The Kier molecular flexibility index (Phi) is 3.43. The molecule has 0 atom stereocenters. The van der Waals surface area contributed by atoms with Crippen LogP contribution in [-0.2, 0) is 6.54 Å². The van der Waals surface area contributed by atoms with Crippen molar-refractivity contribution in [3.8, 4) is 5.88 Å². The fourth-order valence-corrected chi connectivity index (χ4v) is 1.57. The lowest BCUT2D eigenvalue weighted by Gasteiger charge is -2.06. The number of hydrogen-bond acceptors (Lipinski definition) is 6. The van der Waals surface area contributed by atoms with Gasteiger partial charge >= 0.3 is 0 Å². The maximum absolute atomic E-state index is 5.65. The number of nitrogens with one attached hydrogen (secondary N) is 2. The van der Waals surface area contributed by atoms with Gasteiger partial charge in [0.25, 0.3) is 0 Å². The Morgan fingerprint density at radius 3 is 3.00 bits per heavy atom. The van der Waals surface area contributed by atoms with Crippen LogP contribution in [0.3, 0.4) is 0 Å². The number of aromatic amines is 1. The molecule has 4 N–H and O–H groups in total. The zero-order chi connectivity index (χ0) is 12.3. The second-order valence-corrected chi connectivity index (χ2v) is 4.07. The van der Waals surface area contributed by atoms with E-state index in [0.29, 0.717) is 28.7 Å². The molecule has 2 heterocycles. The molecule has 17 heavy (non-hydrogen) atoms. The quantitative estimate of drug-likeness (QED) is 0.783. The molecule has 0 aliphatic heterocycles. The van der Waals surface area contributed by atoms with E-state index in [4.69, 9.17) is 10.5 Å². The summed E-state index contributed by atoms with van der Waals surface area (Å²) in [6, 6.07) is 0. The highest BCUT2D eigenvalue weighted by Gasteiger charge is 2.06. The summed E-state index contributed by atoms with van der Waals surface area (Å²) in [5, 5.41) is 9.50. The summed E-state index contributed by atoms with van der Waals surface area (Å²) in [6.07, 6.45) is 3.27.